The summed E-state index contributed by atoms with van der Waals surface area (Å²) in [5.41, 5.74) is 6.35. The van der Waals surface area contributed by atoms with E-state index in [0.29, 0.717) is 11.4 Å². The predicted octanol–water partition coefficient (Wildman–Crippen LogP) is 4.21. The number of benzene rings is 2. The Morgan fingerprint density at radius 3 is 2.48 bits per heavy atom. The number of nitrogens with two attached hydrogens (primary N) is 1. The Labute approximate surface area is 119 Å². The molecule has 0 atom stereocenters. The van der Waals surface area contributed by atoms with Gasteiger partial charge in [0.15, 0.2) is 0 Å². The summed E-state index contributed by atoms with van der Waals surface area (Å²) in [7, 11) is 0. The van der Waals surface area contributed by atoms with Gasteiger partial charge in [-0.3, -0.25) is 0 Å². The van der Waals surface area contributed by atoms with Crippen LogP contribution in [0.1, 0.15) is 16.7 Å². The number of rotatable bonds is 2. The van der Waals surface area contributed by atoms with Crippen molar-refractivity contribution in [3.05, 3.63) is 53.1 Å². The Bertz CT molecular complexity index is 715. The second-order valence-corrected chi connectivity index (χ2v) is 4.57. The van der Waals surface area contributed by atoms with Crippen molar-refractivity contribution in [1.29, 1.82) is 5.26 Å². The average molecular weight is 291 g/mol. The summed E-state index contributed by atoms with van der Waals surface area (Å²) in [4.78, 5) is 0. The molecule has 21 heavy (non-hydrogen) atoms. The minimum atomic E-state index is -4.42. The van der Waals surface area contributed by atoms with E-state index in [2.05, 4.69) is 5.32 Å². The van der Waals surface area contributed by atoms with Crippen molar-refractivity contribution in [2.24, 2.45) is 0 Å². The summed E-state index contributed by atoms with van der Waals surface area (Å²) >= 11 is 0. The molecule has 0 fully saturated rings. The molecule has 2 aromatic rings. The molecule has 0 aromatic heterocycles. The molecule has 2 aromatic carbocycles. The zero-order valence-electron chi connectivity index (χ0n) is 11.1. The third-order valence-corrected chi connectivity index (χ3v) is 2.99. The Morgan fingerprint density at radius 2 is 1.86 bits per heavy atom. The molecule has 6 heteroatoms. The molecule has 0 radical (unpaired) electrons. The van der Waals surface area contributed by atoms with E-state index in [1.165, 1.54) is 25.1 Å². The highest BCUT2D eigenvalue weighted by molar-refractivity contribution is 5.70. The molecule has 0 amide bonds. The quantitative estimate of drug-likeness (QED) is 0.815. The summed E-state index contributed by atoms with van der Waals surface area (Å²) in [6.45, 7) is 1.40. The van der Waals surface area contributed by atoms with E-state index in [1.807, 2.05) is 6.07 Å². The normalized spacial score (nSPS) is 11.0. The Balaban J connectivity index is 2.40. The second kappa shape index (κ2) is 5.37. The van der Waals surface area contributed by atoms with Crippen LogP contribution < -0.4 is 11.1 Å². The molecular formula is C15H12F3N3. The third kappa shape index (κ3) is 3.26. The first-order valence-corrected chi connectivity index (χ1v) is 6.06. The van der Waals surface area contributed by atoms with Gasteiger partial charge in [-0.1, -0.05) is 6.07 Å². The van der Waals surface area contributed by atoms with E-state index in [4.69, 9.17) is 11.0 Å². The molecule has 0 saturated carbocycles. The van der Waals surface area contributed by atoms with Crippen LogP contribution in [0.3, 0.4) is 0 Å². The molecule has 0 aliphatic carbocycles. The fourth-order valence-corrected chi connectivity index (χ4v) is 1.92. The number of nitrogens with zero attached hydrogens (tertiary/aromatic N) is 1. The van der Waals surface area contributed by atoms with Gasteiger partial charge in [0.2, 0.25) is 0 Å². The number of nitrogen functional groups attached to an aromatic ring is 1. The van der Waals surface area contributed by atoms with Gasteiger partial charge < -0.3 is 11.1 Å². The Hall–Kier alpha value is -2.68. The lowest BCUT2D eigenvalue weighted by Crippen LogP contribution is -2.08. The fraction of sp³-hybridized carbons (Fsp3) is 0.133. The number of aryl methyl sites for hydroxylation is 1. The van der Waals surface area contributed by atoms with Gasteiger partial charge in [0.1, 0.15) is 6.07 Å². The van der Waals surface area contributed by atoms with Gasteiger partial charge in [-0.25, -0.2) is 0 Å². The van der Waals surface area contributed by atoms with Gasteiger partial charge in [-0.05, 0) is 42.8 Å². The molecule has 108 valence electrons. The van der Waals surface area contributed by atoms with Crippen LogP contribution in [0.2, 0.25) is 0 Å². The minimum absolute atomic E-state index is 0.144. The van der Waals surface area contributed by atoms with Crippen molar-refractivity contribution < 1.29 is 13.2 Å². The Morgan fingerprint density at radius 1 is 1.14 bits per heavy atom. The molecule has 0 unspecified atom stereocenters. The number of anilines is 3. The van der Waals surface area contributed by atoms with Crippen LogP contribution in [-0.4, -0.2) is 0 Å². The topological polar surface area (TPSA) is 61.8 Å². The first kappa shape index (κ1) is 14.7. The summed E-state index contributed by atoms with van der Waals surface area (Å²) < 4.78 is 38.6. The monoisotopic (exact) mass is 291 g/mol. The molecule has 0 aliphatic rings. The lowest BCUT2D eigenvalue weighted by molar-refractivity contribution is -0.138. The summed E-state index contributed by atoms with van der Waals surface area (Å²) in [5, 5.41) is 11.8. The second-order valence-electron chi connectivity index (χ2n) is 4.57. The van der Waals surface area contributed by atoms with Crippen LogP contribution in [0.15, 0.2) is 36.4 Å². The van der Waals surface area contributed by atoms with Crippen molar-refractivity contribution >= 4 is 17.1 Å². The molecule has 0 spiro atoms. The van der Waals surface area contributed by atoms with Gasteiger partial charge >= 0.3 is 6.18 Å². The molecule has 3 N–H and O–H groups in total. The predicted molar refractivity (Wildman–Crippen MR) is 75.0 cm³/mol. The van der Waals surface area contributed by atoms with Gasteiger partial charge in [0, 0.05) is 11.4 Å². The summed E-state index contributed by atoms with van der Waals surface area (Å²) in [6, 6.07) is 10.5. The zero-order chi connectivity index (χ0) is 15.6. The van der Waals surface area contributed by atoms with Crippen molar-refractivity contribution in [3.63, 3.8) is 0 Å². The number of nitriles is 1. The maximum absolute atomic E-state index is 12.9. The van der Waals surface area contributed by atoms with Gasteiger partial charge in [0.05, 0.1) is 16.8 Å². The van der Waals surface area contributed by atoms with Crippen molar-refractivity contribution in [2.45, 2.75) is 13.1 Å². The molecule has 0 bridgehead atoms. The van der Waals surface area contributed by atoms with Crippen LogP contribution >= 0.6 is 0 Å². The maximum Gasteiger partial charge on any atom is 0.416 e. The largest absolute Gasteiger partial charge is 0.416 e. The first-order chi connectivity index (χ1) is 9.81. The fourth-order valence-electron chi connectivity index (χ4n) is 1.92. The van der Waals surface area contributed by atoms with E-state index in [0.717, 1.165) is 6.07 Å². The van der Waals surface area contributed by atoms with Crippen molar-refractivity contribution in [2.75, 3.05) is 11.1 Å². The lowest BCUT2D eigenvalue weighted by Gasteiger charge is -2.14. The van der Waals surface area contributed by atoms with E-state index in [1.54, 1.807) is 12.1 Å². The zero-order valence-corrected chi connectivity index (χ0v) is 11.1. The summed E-state index contributed by atoms with van der Waals surface area (Å²) in [5.74, 6) is 0. The van der Waals surface area contributed by atoms with Crippen molar-refractivity contribution in [3.8, 4) is 6.07 Å². The Kier molecular flexibility index (Phi) is 3.76. The van der Waals surface area contributed by atoms with Crippen LogP contribution in [0.4, 0.5) is 30.2 Å². The molecule has 0 aliphatic heterocycles. The van der Waals surface area contributed by atoms with Crippen LogP contribution in [0.5, 0.6) is 0 Å². The van der Waals surface area contributed by atoms with Crippen LogP contribution in [0.25, 0.3) is 0 Å². The molecule has 3 nitrogen and oxygen atoms in total. The van der Waals surface area contributed by atoms with E-state index in [-0.39, 0.29) is 16.8 Å². The molecule has 2 rings (SSSR count). The van der Waals surface area contributed by atoms with Crippen LogP contribution in [-0.2, 0) is 6.18 Å². The average Bonchev–Trinajstić information content (AvgIpc) is 2.41. The highest BCUT2D eigenvalue weighted by Gasteiger charge is 2.32. The number of halogens is 3. The third-order valence-electron chi connectivity index (χ3n) is 2.99. The number of alkyl halides is 3. The molecular weight excluding hydrogens is 279 g/mol. The first-order valence-electron chi connectivity index (χ1n) is 6.06. The minimum Gasteiger partial charge on any atom is -0.399 e. The number of nitrogens with one attached hydrogen (secondary N) is 1. The summed E-state index contributed by atoms with van der Waals surface area (Å²) in [6.07, 6.45) is -4.42. The number of hydrogen-bond acceptors (Lipinski definition) is 3. The lowest BCUT2D eigenvalue weighted by atomic mass is 10.1. The van der Waals surface area contributed by atoms with Gasteiger partial charge in [-0.15, -0.1) is 0 Å². The van der Waals surface area contributed by atoms with E-state index < -0.39 is 11.7 Å². The maximum atomic E-state index is 12.9. The van der Waals surface area contributed by atoms with E-state index in [9.17, 15) is 13.2 Å². The van der Waals surface area contributed by atoms with E-state index >= 15 is 0 Å². The molecule has 0 saturated heterocycles. The van der Waals surface area contributed by atoms with Gasteiger partial charge in [-0.2, -0.15) is 18.4 Å². The van der Waals surface area contributed by atoms with Crippen LogP contribution in [0, 0.1) is 18.3 Å². The number of hydrogen-bond donors (Lipinski definition) is 2. The highest BCUT2D eigenvalue weighted by Crippen LogP contribution is 2.34. The molecule has 0 heterocycles. The smallest absolute Gasteiger partial charge is 0.399 e. The standard InChI is InChI=1S/C15H12F3N3/c1-9-2-4-12(7-13(9)15(16,17)18)21-14-5-3-11(20)6-10(14)8-19/h2-7,21H,20H2,1H3. The SMILES string of the molecule is Cc1ccc(Nc2ccc(N)cc2C#N)cc1C(F)(F)F. The van der Waals surface area contributed by atoms with Gasteiger partial charge in [0.25, 0.3) is 0 Å². The highest BCUT2D eigenvalue weighted by atomic mass is 19.4. The van der Waals surface area contributed by atoms with Crippen molar-refractivity contribution in [1.82, 2.24) is 0 Å².